The number of aryl methyl sites for hydroxylation is 1. The van der Waals surface area contributed by atoms with Crippen molar-refractivity contribution in [2.24, 2.45) is 23.8 Å². The number of carbonyl (C=O) groups is 2. The molecule has 7 heteroatoms. The van der Waals surface area contributed by atoms with Gasteiger partial charge in [0.2, 0.25) is 5.91 Å². The zero-order valence-electron chi connectivity index (χ0n) is 15.9. The fraction of sp³-hybridized carbons (Fsp3) is 0.722. The van der Waals surface area contributed by atoms with Gasteiger partial charge in [-0.25, -0.2) is 0 Å². The minimum absolute atomic E-state index is 0.0776. The van der Waals surface area contributed by atoms with E-state index in [0.29, 0.717) is 12.5 Å². The van der Waals surface area contributed by atoms with Gasteiger partial charge in [0, 0.05) is 32.4 Å². The molecule has 0 radical (unpaired) electrons. The minimum atomic E-state index is -0.725. The number of carbonyl (C=O) groups excluding carboxylic acids is 2. The molecule has 2 fully saturated rings. The second kappa shape index (κ2) is 5.83. The summed E-state index contributed by atoms with van der Waals surface area (Å²) in [6.45, 7) is 9.46. The highest BCUT2D eigenvalue weighted by Crippen LogP contribution is 2.67. The highest BCUT2D eigenvalue weighted by atomic mass is 16.5. The molecule has 138 valence electrons. The van der Waals surface area contributed by atoms with Crippen LogP contribution in [0.2, 0.25) is 0 Å². The monoisotopic (exact) mass is 348 g/mol. The summed E-state index contributed by atoms with van der Waals surface area (Å²) in [5.41, 5.74) is 1.22. The van der Waals surface area contributed by atoms with Crippen LogP contribution in [-0.4, -0.2) is 52.8 Å². The van der Waals surface area contributed by atoms with E-state index in [9.17, 15) is 9.59 Å². The van der Waals surface area contributed by atoms with Crippen molar-refractivity contribution in [1.82, 2.24) is 20.0 Å². The number of ether oxygens (including phenoxy) is 1. The molecule has 1 aliphatic heterocycles. The Morgan fingerprint density at radius 2 is 1.96 bits per heavy atom. The van der Waals surface area contributed by atoms with Crippen molar-refractivity contribution in [3.63, 3.8) is 0 Å². The van der Waals surface area contributed by atoms with Crippen LogP contribution in [0.3, 0.4) is 0 Å². The molecule has 1 aliphatic carbocycles. The van der Waals surface area contributed by atoms with Crippen molar-refractivity contribution >= 4 is 11.8 Å². The lowest BCUT2D eigenvalue weighted by atomic mass is 10.0. The van der Waals surface area contributed by atoms with Crippen LogP contribution >= 0.6 is 0 Å². The van der Waals surface area contributed by atoms with Crippen LogP contribution in [0.5, 0.6) is 0 Å². The summed E-state index contributed by atoms with van der Waals surface area (Å²) < 4.78 is 7.27. The smallest absolute Gasteiger partial charge is 0.251 e. The lowest BCUT2D eigenvalue weighted by Gasteiger charge is -2.37. The first kappa shape index (κ1) is 17.9. The largest absolute Gasteiger partial charge is 0.356 e. The Morgan fingerprint density at radius 3 is 2.48 bits per heavy atom. The van der Waals surface area contributed by atoms with Gasteiger partial charge in [0.25, 0.3) is 5.91 Å². The number of hydrogen-bond acceptors (Lipinski definition) is 4. The summed E-state index contributed by atoms with van der Waals surface area (Å²) in [5.74, 6) is 0.123. The Hall–Kier alpha value is -1.89. The molecule has 1 N–H and O–H groups in total. The Morgan fingerprint density at radius 1 is 1.32 bits per heavy atom. The van der Waals surface area contributed by atoms with Crippen LogP contribution in [0, 0.1) is 16.7 Å². The summed E-state index contributed by atoms with van der Waals surface area (Å²) in [6, 6.07) is -0.463. The lowest BCUT2D eigenvalue weighted by Crippen LogP contribution is -2.53. The first-order valence-electron chi connectivity index (χ1n) is 8.71. The maximum atomic E-state index is 12.8. The average Bonchev–Trinajstić information content (AvgIpc) is 2.82. The number of nitrogens with one attached hydrogen (secondary N) is 1. The number of morpholine rings is 1. The quantitative estimate of drug-likeness (QED) is 0.885. The van der Waals surface area contributed by atoms with Gasteiger partial charge in [-0.2, -0.15) is 5.10 Å². The molecule has 3 rings (SSSR count). The van der Waals surface area contributed by atoms with Gasteiger partial charge in [-0.15, -0.1) is 0 Å². The molecule has 0 spiro atoms. The van der Waals surface area contributed by atoms with E-state index < -0.39 is 12.1 Å². The predicted octanol–water partition coefficient (Wildman–Crippen LogP) is 1.12. The van der Waals surface area contributed by atoms with Gasteiger partial charge in [-0.1, -0.05) is 27.7 Å². The van der Waals surface area contributed by atoms with Crippen LogP contribution < -0.4 is 5.32 Å². The predicted molar refractivity (Wildman–Crippen MR) is 92.5 cm³/mol. The van der Waals surface area contributed by atoms with Crippen molar-refractivity contribution in [2.45, 2.75) is 39.8 Å². The molecule has 2 heterocycles. The zero-order valence-corrected chi connectivity index (χ0v) is 15.9. The summed E-state index contributed by atoms with van der Waals surface area (Å²) in [7, 11) is 3.51. The lowest BCUT2D eigenvalue weighted by molar-refractivity contribution is -0.162. The Labute approximate surface area is 148 Å². The third-order valence-electron chi connectivity index (χ3n) is 6.61. The van der Waals surface area contributed by atoms with E-state index in [-0.39, 0.29) is 29.3 Å². The Balaban J connectivity index is 1.72. The van der Waals surface area contributed by atoms with E-state index in [1.165, 1.54) is 0 Å². The van der Waals surface area contributed by atoms with Crippen molar-refractivity contribution < 1.29 is 14.3 Å². The molecule has 1 saturated carbocycles. The maximum absolute atomic E-state index is 12.8. The van der Waals surface area contributed by atoms with Gasteiger partial charge in [0.1, 0.15) is 6.61 Å². The molecule has 1 saturated heterocycles. The molecule has 1 aromatic rings. The van der Waals surface area contributed by atoms with Gasteiger partial charge in [0.05, 0.1) is 12.2 Å². The molecule has 0 unspecified atom stereocenters. The van der Waals surface area contributed by atoms with Crippen LogP contribution in [0.1, 0.15) is 39.3 Å². The average molecular weight is 348 g/mol. The summed E-state index contributed by atoms with van der Waals surface area (Å²) in [5, 5.41) is 7.20. The summed E-state index contributed by atoms with van der Waals surface area (Å²) >= 11 is 0. The van der Waals surface area contributed by atoms with E-state index in [2.05, 4.69) is 38.1 Å². The van der Waals surface area contributed by atoms with E-state index in [1.807, 2.05) is 6.20 Å². The van der Waals surface area contributed by atoms with E-state index >= 15 is 0 Å². The third kappa shape index (κ3) is 2.84. The zero-order chi connectivity index (χ0) is 18.6. The number of amides is 2. The first-order valence-corrected chi connectivity index (χ1v) is 8.71. The topological polar surface area (TPSA) is 76.5 Å². The van der Waals surface area contributed by atoms with E-state index in [0.717, 1.165) is 5.56 Å². The highest BCUT2D eigenvalue weighted by molar-refractivity contribution is 5.86. The standard InChI is InChI=1S/C18H28N4O3/c1-17(2)12(18(17,3)4)8-19-16(24)15-14(11-7-20-21(5)9-11)22(6)13(23)10-25-15/h7,9,12,14-15H,8,10H2,1-6H3,(H,19,24)/t14-,15+/m0/s1. The minimum Gasteiger partial charge on any atom is -0.356 e. The molecule has 25 heavy (non-hydrogen) atoms. The fourth-order valence-corrected chi connectivity index (χ4v) is 4.07. The molecule has 0 bridgehead atoms. The number of hydrogen-bond donors (Lipinski definition) is 1. The van der Waals surface area contributed by atoms with Crippen LogP contribution in [0.15, 0.2) is 12.4 Å². The first-order chi connectivity index (χ1) is 11.6. The van der Waals surface area contributed by atoms with Gasteiger partial charge in [-0.3, -0.25) is 14.3 Å². The second-order valence-electron chi connectivity index (χ2n) is 8.37. The Kier molecular flexibility index (Phi) is 4.18. The summed E-state index contributed by atoms with van der Waals surface area (Å²) in [6.07, 6.45) is 2.77. The van der Waals surface area contributed by atoms with Gasteiger partial charge >= 0.3 is 0 Å². The maximum Gasteiger partial charge on any atom is 0.251 e. The van der Waals surface area contributed by atoms with Gasteiger partial charge in [-0.05, 0) is 16.7 Å². The summed E-state index contributed by atoms with van der Waals surface area (Å²) in [4.78, 5) is 26.4. The number of rotatable bonds is 4. The number of nitrogens with zero attached hydrogens (tertiary/aromatic N) is 3. The van der Waals surface area contributed by atoms with Crippen LogP contribution in [-0.2, 0) is 21.4 Å². The van der Waals surface area contributed by atoms with Gasteiger partial charge in [0.15, 0.2) is 6.10 Å². The molecular formula is C18H28N4O3. The highest BCUT2D eigenvalue weighted by Gasteiger charge is 2.64. The molecule has 0 aromatic carbocycles. The van der Waals surface area contributed by atoms with Crippen molar-refractivity contribution in [1.29, 1.82) is 0 Å². The molecule has 2 aliphatic rings. The molecule has 1 aromatic heterocycles. The van der Waals surface area contributed by atoms with E-state index in [4.69, 9.17) is 4.74 Å². The SMILES string of the molecule is CN1C(=O)CO[C@@H](C(=O)NCC2C(C)(C)C2(C)C)[C@@H]1c1cnn(C)c1. The molecular weight excluding hydrogens is 320 g/mol. The van der Waals surface area contributed by atoms with Crippen molar-refractivity contribution in [3.8, 4) is 0 Å². The van der Waals surface area contributed by atoms with Crippen LogP contribution in [0.25, 0.3) is 0 Å². The molecule has 2 atom stereocenters. The second-order valence-corrected chi connectivity index (χ2v) is 8.37. The fourth-order valence-electron chi connectivity index (χ4n) is 4.07. The van der Waals surface area contributed by atoms with Crippen molar-refractivity contribution in [3.05, 3.63) is 18.0 Å². The van der Waals surface area contributed by atoms with Gasteiger partial charge < -0.3 is 15.0 Å². The van der Waals surface area contributed by atoms with E-state index in [1.54, 1.807) is 29.9 Å². The molecule has 2 amide bonds. The number of likely N-dealkylation sites (N-methyl/N-ethyl adjacent to an activating group) is 1. The van der Waals surface area contributed by atoms with Crippen molar-refractivity contribution in [2.75, 3.05) is 20.2 Å². The third-order valence-corrected chi connectivity index (χ3v) is 6.61. The number of aromatic nitrogens is 2. The van der Waals surface area contributed by atoms with Crippen LogP contribution in [0.4, 0.5) is 0 Å². The normalized spacial score (nSPS) is 28.1. The molecule has 7 nitrogen and oxygen atoms in total. The Bertz CT molecular complexity index is 680.